The third-order valence-electron chi connectivity index (χ3n) is 8.58. The summed E-state index contributed by atoms with van der Waals surface area (Å²) in [6.45, 7) is 6.98. The molecule has 0 aromatic heterocycles. The van der Waals surface area contributed by atoms with Crippen molar-refractivity contribution in [2.75, 3.05) is 50.7 Å². The highest BCUT2D eigenvalue weighted by Gasteiger charge is 2.42. The fourth-order valence-corrected chi connectivity index (χ4v) is 6.59. The zero-order chi connectivity index (χ0) is 26.8. The van der Waals surface area contributed by atoms with Gasteiger partial charge in [0.2, 0.25) is 5.91 Å². The van der Waals surface area contributed by atoms with Crippen molar-refractivity contribution >= 4 is 42.1 Å². The maximum absolute atomic E-state index is 14.3. The van der Waals surface area contributed by atoms with E-state index in [-0.39, 0.29) is 54.3 Å². The van der Waals surface area contributed by atoms with Crippen molar-refractivity contribution in [3.05, 3.63) is 95.6 Å². The van der Waals surface area contributed by atoms with Crippen molar-refractivity contribution in [2.45, 2.75) is 37.8 Å². The molecule has 220 valence electrons. The molecule has 3 aliphatic heterocycles. The van der Waals surface area contributed by atoms with Crippen LogP contribution in [0, 0.1) is 11.6 Å². The summed E-state index contributed by atoms with van der Waals surface area (Å²) in [5, 5.41) is 0. The highest BCUT2D eigenvalue weighted by atomic mass is 35.5. The van der Waals surface area contributed by atoms with Crippen LogP contribution in [0.1, 0.15) is 36.3 Å². The Morgan fingerprint density at radius 1 is 0.805 bits per heavy atom. The number of carbonyl (C=O) groups is 1. The van der Waals surface area contributed by atoms with Crippen molar-refractivity contribution in [3.63, 3.8) is 0 Å². The van der Waals surface area contributed by atoms with Gasteiger partial charge in [0.25, 0.3) is 0 Å². The van der Waals surface area contributed by atoms with Gasteiger partial charge in [-0.1, -0.05) is 30.3 Å². The van der Waals surface area contributed by atoms with Gasteiger partial charge in [-0.2, -0.15) is 0 Å². The number of likely N-dealkylation sites (tertiary alicyclic amines) is 1. The number of anilines is 2. The first kappa shape index (κ1) is 31.2. The van der Waals surface area contributed by atoms with E-state index in [9.17, 15) is 13.6 Å². The number of hydrogen-bond acceptors (Lipinski definition) is 4. The van der Waals surface area contributed by atoms with Gasteiger partial charge < -0.3 is 14.7 Å². The predicted molar refractivity (Wildman–Crippen MR) is 165 cm³/mol. The lowest BCUT2D eigenvalue weighted by atomic mass is 9.89. The van der Waals surface area contributed by atoms with Crippen molar-refractivity contribution in [1.29, 1.82) is 0 Å². The summed E-state index contributed by atoms with van der Waals surface area (Å²) in [4.78, 5) is 22.0. The molecule has 3 heterocycles. The summed E-state index contributed by atoms with van der Waals surface area (Å²) < 4.78 is 27.9. The normalized spacial score (nSPS) is 20.5. The zero-order valence-corrected chi connectivity index (χ0v) is 24.8. The highest BCUT2D eigenvalue weighted by molar-refractivity contribution is 5.85. The predicted octanol–water partition coefficient (Wildman–Crippen LogP) is 6.24. The largest absolute Gasteiger partial charge is 0.340 e. The van der Waals surface area contributed by atoms with Crippen molar-refractivity contribution in [1.82, 2.24) is 14.7 Å². The van der Waals surface area contributed by atoms with E-state index in [2.05, 4.69) is 39.0 Å². The molecular weight excluding hydrogens is 565 g/mol. The quantitative estimate of drug-likeness (QED) is 0.320. The summed E-state index contributed by atoms with van der Waals surface area (Å²) in [6.07, 6.45) is 2.34. The lowest BCUT2D eigenvalue weighted by Gasteiger charge is -2.39. The SMILES string of the molecule is Cl.Cl.O=C(CCCN1CCC2C(C1)c1cc(F)ccc1N2c1ccc(F)cc1)N1CCN(Cc2ccccc2)CC1. The van der Waals surface area contributed by atoms with E-state index in [1.54, 1.807) is 6.07 Å². The Balaban J connectivity index is 0.00000194. The molecule has 5 nitrogen and oxygen atoms in total. The summed E-state index contributed by atoms with van der Waals surface area (Å²) in [5.74, 6) is -0.0461. The number of rotatable bonds is 7. The maximum Gasteiger partial charge on any atom is 0.222 e. The van der Waals surface area contributed by atoms with Gasteiger partial charge in [0.1, 0.15) is 11.6 Å². The third kappa shape index (κ3) is 7.03. The summed E-state index contributed by atoms with van der Waals surface area (Å²) >= 11 is 0. The van der Waals surface area contributed by atoms with Crippen molar-refractivity contribution in [2.24, 2.45) is 0 Å². The molecule has 2 fully saturated rings. The molecule has 2 atom stereocenters. The number of hydrogen-bond donors (Lipinski definition) is 0. The average molecular weight is 604 g/mol. The molecule has 2 saturated heterocycles. The Morgan fingerprint density at radius 3 is 2.24 bits per heavy atom. The van der Waals surface area contributed by atoms with Gasteiger partial charge in [0.05, 0.1) is 0 Å². The fraction of sp³-hybridized carbons (Fsp3) is 0.406. The van der Waals surface area contributed by atoms with Gasteiger partial charge in [-0.3, -0.25) is 9.69 Å². The van der Waals surface area contributed by atoms with E-state index in [0.717, 1.165) is 82.1 Å². The Morgan fingerprint density at radius 2 is 1.51 bits per heavy atom. The first-order valence-corrected chi connectivity index (χ1v) is 14.2. The monoisotopic (exact) mass is 602 g/mol. The van der Waals surface area contributed by atoms with Crippen LogP contribution in [0.3, 0.4) is 0 Å². The molecule has 3 aliphatic rings. The molecule has 41 heavy (non-hydrogen) atoms. The van der Waals surface area contributed by atoms with E-state index in [1.807, 2.05) is 29.2 Å². The first-order valence-electron chi connectivity index (χ1n) is 14.2. The molecule has 2 unspecified atom stereocenters. The van der Waals surface area contributed by atoms with Gasteiger partial charge >= 0.3 is 0 Å². The minimum atomic E-state index is -0.257. The van der Waals surface area contributed by atoms with Gasteiger partial charge in [-0.15, -0.1) is 24.8 Å². The van der Waals surface area contributed by atoms with Crippen molar-refractivity contribution in [3.8, 4) is 0 Å². The maximum atomic E-state index is 14.3. The lowest BCUT2D eigenvalue weighted by molar-refractivity contribution is -0.133. The zero-order valence-electron chi connectivity index (χ0n) is 23.1. The first-order chi connectivity index (χ1) is 19.0. The molecule has 0 saturated carbocycles. The Labute approximate surface area is 253 Å². The van der Waals surface area contributed by atoms with Crippen LogP contribution >= 0.6 is 24.8 Å². The molecule has 0 aliphatic carbocycles. The van der Waals surface area contributed by atoms with E-state index in [4.69, 9.17) is 0 Å². The van der Waals surface area contributed by atoms with Crippen LogP contribution in [-0.2, 0) is 11.3 Å². The van der Waals surface area contributed by atoms with Crippen LogP contribution < -0.4 is 4.90 Å². The third-order valence-corrected chi connectivity index (χ3v) is 8.58. The van der Waals surface area contributed by atoms with Crippen LogP contribution in [0.4, 0.5) is 20.2 Å². The van der Waals surface area contributed by atoms with Gasteiger partial charge in [-0.25, -0.2) is 8.78 Å². The van der Waals surface area contributed by atoms with E-state index in [0.29, 0.717) is 6.42 Å². The number of nitrogens with zero attached hydrogens (tertiary/aromatic N) is 4. The molecule has 3 aromatic rings. The molecule has 0 bridgehead atoms. The molecule has 3 aromatic carbocycles. The van der Waals surface area contributed by atoms with Crippen LogP contribution in [-0.4, -0.2) is 72.5 Å². The number of amides is 1. The molecule has 0 spiro atoms. The lowest BCUT2D eigenvalue weighted by Crippen LogP contribution is -2.48. The molecule has 0 N–H and O–H groups in total. The summed E-state index contributed by atoms with van der Waals surface area (Å²) in [6, 6.07) is 22.3. The minimum absolute atomic E-state index is 0. The van der Waals surface area contributed by atoms with E-state index in [1.165, 1.54) is 23.8 Å². The Kier molecular flexibility index (Phi) is 10.6. The smallest absolute Gasteiger partial charge is 0.222 e. The summed E-state index contributed by atoms with van der Waals surface area (Å²) in [5.41, 5.74) is 4.30. The molecule has 6 rings (SSSR count). The molecule has 0 radical (unpaired) electrons. The van der Waals surface area contributed by atoms with E-state index >= 15 is 0 Å². The molecular formula is C32H38Cl2F2N4O. The second-order valence-electron chi connectivity index (χ2n) is 11.1. The molecule has 1 amide bonds. The van der Waals surface area contributed by atoms with Crippen LogP contribution in [0.25, 0.3) is 0 Å². The number of fused-ring (bicyclic) bond motifs is 3. The number of halogens is 4. The second-order valence-corrected chi connectivity index (χ2v) is 11.1. The Hall–Kier alpha value is -2.71. The number of piperazine rings is 1. The highest BCUT2D eigenvalue weighted by Crippen LogP contribution is 2.48. The van der Waals surface area contributed by atoms with Gasteiger partial charge in [-0.05, 0) is 73.0 Å². The van der Waals surface area contributed by atoms with Crippen molar-refractivity contribution < 1.29 is 13.6 Å². The topological polar surface area (TPSA) is 30.0 Å². The minimum Gasteiger partial charge on any atom is -0.340 e. The fourth-order valence-electron chi connectivity index (χ4n) is 6.59. The van der Waals surface area contributed by atoms with Gasteiger partial charge in [0.15, 0.2) is 0 Å². The number of piperidine rings is 1. The number of carbonyl (C=O) groups excluding carboxylic acids is 1. The van der Waals surface area contributed by atoms with Crippen LogP contribution in [0.2, 0.25) is 0 Å². The Bertz CT molecular complexity index is 1290. The van der Waals surface area contributed by atoms with Gasteiger partial charge in [0, 0.05) is 75.6 Å². The molecule has 9 heteroatoms. The average Bonchev–Trinajstić information content (AvgIpc) is 3.27. The second kappa shape index (κ2) is 14.0. The summed E-state index contributed by atoms with van der Waals surface area (Å²) in [7, 11) is 0. The van der Waals surface area contributed by atoms with Crippen LogP contribution in [0.15, 0.2) is 72.8 Å². The van der Waals surface area contributed by atoms with E-state index < -0.39 is 0 Å². The number of benzene rings is 3. The van der Waals surface area contributed by atoms with Crippen LogP contribution in [0.5, 0.6) is 0 Å². The standard InChI is InChI=1S/C32H36F2N4O.2ClH/c33-25-8-11-27(12-9-25)38-30-13-10-26(34)21-28(30)29-23-35(16-14-31(29)38)15-4-7-32(39)37-19-17-36(18-20-37)22-24-5-2-1-3-6-24;;/h1-3,5-6,8-13,21,29,31H,4,7,14-20,22-23H2;2*1H.